The van der Waals surface area contributed by atoms with Crippen molar-refractivity contribution in [3.63, 3.8) is 0 Å². The predicted molar refractivity (Wildman–Crippen MR) is 67.1 cm³/mol. The minimum Gasteiger partial charge on any atom is -0.343 e. The average molecular weight is 226 g/mol. The molecule has 0 aromatic rings. The molecule has 1 aliphatic rings. The first-order valence-corrected chi connectivity index (χ1v) is 6.61. The van der Waals surface area contributed by atoms with Gasteiger partial charge in [0.05, 0.1) is 0 Å². The number of hydrogen-bond acceptors (Lipinski definition) is 2. The van der Waals surface area contributed by atoms with Crippen molar-refractivity contribution in [3.05, 3.63) is 0 Å². The molecule has 1 atom stereocenters. The van der Waals surface area contributed by atoms with E-state index in [9.17, 15) is 4.79 Å². The number of amides is 1. The zero-order valence-electron chi connectivity index (χ0n) is 10.7. The SMILES string of the molecule is CC(CCN)CCC(=O)N(C)C1CCCC1. The topological polar surface area (TPSA) is 46.3 Å². The van der Waals surface area contributed by atoms with Gasteiger partial charge in [-0.1, -0.05) is 19.8 Å². The van der Waals surface area contributed by atoms with Crippen LogP contribution in [0, 0.1) is 5.92 Å². The van der Waals surface area contributed by atoms with Crippen LogP contribution in [-0.4, -0.2) is 30.4 Å². The Morgan fingerprint density at radius 2 is 2.00 bits per heavy atom. The first kappa shape index (κ1) is 13.5. The Bertz CT molecular complexity index is 212. The summed E-state index contributed by atoms with van der Waals surface area (Å²) in [5.41, 5.74) is 5.50. The van der Waals surface area contributed by atoms with E-state index in [2.05, 4.69) is 6.92 Å². The van der Waals surface area contributed by atoms with Crippen molar-refractivity contribution in [2.75, 3.05) is 13.6 Å². The minimum absolute atomic E-state index is 0.316. The van der Waals surface area contributed by atoms with Gasteiger partial charge in [-0.25, -0.2) is 0 Å². The zero-order valence-corrected chi connectivity index (χ0v) is 10.7. The van der Waals surface area contributed by atoms with Gasteiger partial charge >= 0.3 is 0 Å². The number of nitrogens with zero attached hydrogens (tertiary/aromatic N) is 1. The van der Waals surface area contributed by atoms with Crippen molar-refractivity contribution < 1.29 is 4.79 Å². The van der Waals surface area contributed by atoms with Crippen molar-refractivity contribution in [2.45, 2.75) is 57.9 Å². The van der Waals surface area contributed by atoms with Gasteiger partial charge in [0, 0.05) is 19.5 Å². The summed E-state index contributed by atoms with van der Waals surface area (Å²) >= 11 is 0. The average Bonchev–Trinajstić information content (AvgIpc) is 2.78. The van der Waals surface area contributed by atoms with Gasteiger partial charge in [0.15, 0.2) is 0 Å². The molecule has 0 spiro atoms. The second-order valence-corrected chi connectivity index (χ2v) is 5.16. The lowest BCUT2D eigenvalue weighted by atomic mass is 10.0. The van der Waals surface area contributed by atoms with Gasteiger partial charge < -0.3 is 10.6 Å². The molecular weight excluding hydrogens is 200 g/mol. The predicted octanol–water partition coefficient (Wildman–Crippen LogP) is 2.15. The van der Waals surface area contributed by atoms with Crippen LogP contribution in [-0.2, 0) is 4.79 Å². The Morgan fingerprint density at radius 3 is 2.56 bits per heavy atom. The Kier molecular flexibility index (Phi) is 5.81. The maximum Gasteiger partial charge on any atom is 0.222 e. The van der Waals surface area contributed by atoms with Crippen LogP contribution in [0.25, 0.3) is 0 Å². The molecule has 0 aromatic carbocycles. The molecule has 0 radical (unpaired) electrons. The lowest BCUT2D eigenvalue weighted by Gasteiger charge is -2.24. The van der Waals surface area contributed by atoms with E-state index in [4.69, 9.17) is 5.73 Å². The van der Waals surface area contributed by atoms with E-state index >= 15 is 0 Å². The normalized spacial score (nSPS) is 18.7. The highest BCUT2D eigenvalue weighted by Crippen LogP contribution is 2.23. The highest BCUT2D eigenvalue weighted by Gasteiger charge is 2.23. The Morgan fingerprint density at radius 1 is 1.38 bits per heavy atom. The van der Waals surface area contributed by atoms with Crippen LogP contribution in [0.2, 0.25) is 0 Å². The first-order valence-electron chi connectivity index (χ1n) is 6.61. The third-order valence-electron chi connectivity index (χ3n) is 3.78. The monoisotopic (exact) mass is 226 g/mol. The molecule has 1 rings (SSSR count). The second-order valence-electron chi connectivity index (χ2n) is 5.16. The lowest BCUT2D eigenvalue weighted by Crippen LogP contribution is -2.35. The maximum atomic E-state index is 11.9. The fourth-order valence-electron chi connectivity index (χ4n) is 2.47. The molecule has 1 saturated carbocycles. The minimum atomic E-state index is 0.316. The van der Waals surface area contributed by atoms with Gasteiger partial charge in [-0.15, -0.1) is 0 Å². The maximum absolute atomic E-state index is 11.9. The Hall–Kier alpha value is -0.570. The van der Waals surface area contributed by atoms with Crippen LogP contribution in [0.4, 0.5) is 0 Å². The standard InChI is InChI=1S/C13H26N2O/c1-11(9-10-14)7-8-13(16)15(2)12-5-3-4-6-12/h11-12H,3-10,14H2,1-2H3. The second kappa shape index (κ2) is 6.89. The number of carbonyl (C=O) groups is 1. The fraction of sp³-hybridized carbons (Fsp3) is 0.923. The summed E-state index contributed by atoms with van der Waals surface area (Å²) < 4.78 is 0. The molecule has 0 saturated heterocycles. The van der Waals surface area contributed by atoms with E-state index in [0.29, 0.717) is 24.3 Å². The molecule has 2 N–H and O–H groups in total. The third kappa shape index (κ3) is 4.12. The molecule has 3 heteroatoms. The van der Waals surface area contributed by atoms with Gasteiger partial charge in [0.2, 0.25) is 5.91 Å². The molecule has 1 aliphatic carbocycles. The summed E-state index contributed by atoms with van der Waals surface area (Å²) in [5, 5.41) is 0. The molecule has 16 heavy (non-hydrogen) atoms. The number of carbonyl (C=O) groups excluding carboxylic acids is 1. The van der Waals surface area contributed by atoms with E-state index in [1.807, 2.05) is 11.9 Å². The van der Waals surface area contributed by atoms with Crippen LogP contribution in [0.3, 0.4) is 0 Å². The summed E-state index contributed by atoms with van der Waals surface area (Å²) in [6, 6.07) is 0.511. The van der Waals surface area contributed by atoms with Gasteiger partial charge in [-0.3, -0.25) is 4.79 Å². The number of hydrogen-bond donors (Lipinski definition) is 1. The molecule has 1 amide bonds. The van der Waals surface area contributed by atoms with Gasteiger partial charge in [0.25, 0.3) is 0 Å². The number of nitrogens with two attached hydrogens (primary N) is 1. The summed E-state index contributed by atoms with van der Waals surface area (Å²) in [4.78, 5) is 13.9. The Balaban J connectivity index is 2.23. The molecule has 3 nitrogen and oxygen atoms in total. The van der Waals surface area contributed by atoms with E-state index in [0.717, 1.165) is 19.4 Å². The Labute approximate surface area is 99.4 Å². The van der Waals surface area contributed by atoms with Crippen molar-refractivity contribution in [2.24, 2.45) is 11.7 Å². The molecule has 0 heterocycles. The fourth-order valence-corrected chi connectivity index (χ4v) is 2.47. The molecular formula is C13H26N2O. The summed E-state index contributed by atoms with van der Waals surface area (Å²) in [7, 11) is 1.96. The van der Waals surface area contributed by atoms with Gasteiger partial charge in [-0.2, -0.15) is 0 Å². The first-order chi connectivity index (χ1) is 7.65. The van der Waals surface area contributed by atoms with Crippen molar-refractivity contribution in [1.29, 1.82) is 0 Å². The summed E-state index contributed by atoms with van der Waals surface area (Å²) in [6.45, 7) is 2.91. The van der Waals surface area contributed by atoms with Gasteiger partial charge in [-0.05, 0) is 38.1 Å². The van der Waals surface area contributed by atoms with Gasteiger partial charge in [0.1, 0.15) is 0 Å². The zero-order chi connectivity index (χ0) is 12.0. The van der Waals surface area contributed by atoms with E-state index < -0.39 is 0 Å². The summed E-state index contributed by atoms with van der Waals surface area (Å²) in [5.74, 6) is 0.890. The van der Waals surface area contributed by atoms with Crippen molar-refractivity contribution in [1.82, 2.24) is 4.90 Å². The molecule has 0 bridgehead atoms. The number of rotatable bonds is 6. The van der Waals surface area contributed by atoms with Crippen LogP contribution in [0.5, 0.6) is 0 Å². The largest absolute Gasteiger partial charge is 0.343 e. The van der Waals surface area contributed by atoms with E-state index in [-0.39, 0.29) is 0 Å². The van der Waals surface area contributed by atoms with Crippen molar-refractivity contribution >= 4 is 5.91 Å². The van der Waals surface area contributed by atoms with Crippen LogP contribution >= 0.6 is 0 Å². The summed E-state index contributed by atoms with van der Waals surface area (Å²) in [6.07, 6.45) is 7.65. The quantitative estimate of drug-likeness (QED) is 0.754. The smallest absolute Gasteiger partial charge is 0.222 e. The van der Waals surface area contributed by atoms with Crippen LogP contribution < -0.4 is 5.73 Å². The van der Waals surface area contributed by atoms with Crippen molar-refractivity contribution in [3.8, 4) is 0 Å². The highest BCUT2D eigenvalue weighted by atomic mass is 16.2. The van der Waals surface area contributed by atoms with Crippen LogP contribution in [0.15, 0.2) is 0 Å². The molecule has 1 fully saturated rings. The molecule has 94 valence electrons. The molecule has 1 unspecified atom stereocenters. The highest BCUT2D eigenvalue weighted by molar-refractivity contribution is 5.76. The lowest BCUT2D eigenvalue weighted by molar-refractivity contribution is -0.132. The molecule has 0 aliphatic heterocycles. The van der Waals surface area contributed by atoms with Crippen LogP contribution in [0.1, 0.15) is 51.9 Å². The third-order valence-corrected chi connectivity index (χ3v) is 3.78. The molecule has 0 aromatic heterocycles. The van der Waals surface area contributed by atoms with E-state index in [1.165, 1.54) is 25.7 Å². The van der Waals surface area contributed by atoms with E-state index in [1.54, 1.807) is 0 Å².